The van der Waals surface area contributed by atoms with E-state index in [9.17, 15) is 9.90 Å². The molecule has 0 aromatic heterocycles. The zero-order chi connectivity index (χ0) is 13.8. The van der Waals surface area contributed by atoms with Crippen molar-refractivity contribution in [3.63, 3.8) is 0 Å². The lowest BCUT2D eigenvalue weighted by Crippen LogP contribution is -2.42. The van der Waals surface area contributed by atoms with Crippen molar-refractivity contribution in [2.45, 2.75) is 25.8 Å². The van der Waals surface area contributed by atoms with E-state index in [-0.39, 0.29) is 17.7 Å². The van der Waals surface area contributed by atoms with Crippen LogP contribution in [-0.2, 0) is 4.74 Å². The first-order valence-corrected chi connectivity index (χ1v) is 6.73. The highest BCUT2D eigenvalue weighted by Crippen LogP contribution is 2.36. The second-order valence-corrected chi connectivity index (χ2v) is 5.09. The molecule has 0 radical (unpaired) electrons. The normalized spacial score (nSPS) is 16.1. The Balaban J connectivity index is 2.17. The summed E-state index contributed by atoms with van der Waals surface area (Å²) in [6.07, 6.45) is 2.36. The summed E-state index contributed by atoms with van der Waals surface area (Å²) in [5.74, 6) is 0.513. The summed E-state index contributed by atoms with van der Waals surface area (Å²) in [7, 11) is 1.63. The summed E-state index contributed by atoms with van der Waals surface area (Å²) >= 11 is 0. The van der Waals surface area contributed by atoms with E-state index < -0.39 is 0 Å². The van der Waals surface area contributed by atoms with Crippen molar-refractivity contribution < 1.29 is 14.6 Å². The van der Waals surface area contributed by atoms with Crippen LogP contribution in [0.15, 0.2) is 24.3 Å². The Morgan fingerprint density at radius 3 is 2.74 bits per heavy atom. The number of hydrogen-bond donors (Lipinski definition) is 1. The Morgan fingerprint density at radius 2 is 2.16 bits per heavy atom. The molecule has 1 fully saturated rings. The van der Waals surface area contributed by atoms with E-state index in [4.69, 9.17) is 4.74 Å². The van der Waals surface area contributed by atoms with Gasteiger partial charge < -0.3 is 14.7 Å². The van der Waals surface area contributed by atoms with Crippen LogP contribution < -0.4 is 0 Å². The lowest BCUT2D eigenvalue weighted by atomic mass is 10.1. The number of phenolic OH excluding ortho intramolecular Hbond substituents is 1. The highest BCUT2D eigenvalue weighted by atomic mass is 16.5. The molecular weight excluding hydrogens is 242 g/mol. The average Bonchev–Trinajstić information content (AvgIpc) is 3.23. The third-order valence-corrected chi connectivity index (χ3v) is 3.73. The topological polar surface area (TPSA) is 49.8 Å². The van der Waals surface area contributed by atoms with Crippen LogP contribution in [-0.4, -0.2) is 42.2 Å². The summed E-state index contributed by atoms with van der Waals surface area (Å²) in [5, 5.41) is 9.81. The molecule has 1 saturated carbocycles. The van der Waals surface area contributed by atoms with E-state index >= 15 is 0 Å². The van der Waals surface area contributed by atoms with Crippen LogP contribution in [0.25, 0.3) is 0 Å². The van der Waals surface area contributed by atoms with Crippen molar-refractivity contribution in [2.24, 2.45) is 5.92 Å². The van der Waals surface area contributed by atoms with Gasteiger partial charge >= 0.3 is 0 Å². The van der Waals surface area contributed by atoms with Crippen molar-refractivity contribution in [3.8, 4) is 5.75 Å². The van der Waals surface area contributed by atoms with Crippen molar-refractivity contribution >= 4 is 5.91 Å². The molecule has 0 saturated heterocycles. The Morgan fingerprint density at radius 1 is 1.47 bits per heavy atom. The third-order valence-electron chi connectivity index (χ3n) is 3.73. The maximum absolute atomic E-state index is 12.6. The van der Waals surface area contributed by atoms with E-state index in [1.165, 1.54) is 12.8 Å². The number of nitrogens with zero attached hydrogens (tertiary/aromatic N) is 1. The molecule has 4 heteroatoms. The second kappa shape index (κ2) is 6.06. The molecule has 2 rings (SSSR count). The maximum atomic E-state index is 12.6. The van der Waals surface area contributed by atoms with Gasteiger partial charge in [0.25, 0.3) is 5.91 Å². The lowest BCUT2D eigenvalue weighted by Gasteiger charge is -2.29. The largest absolute Gasteiger partial charge is 0.507 e. The fourth-order valence-corrected chi connectivity index (χ4v) is 2.32. The lowest BCUT2D eigenvalue weighted by molar-refractivity contribution is 0.0592. The number of methoxy groups -OCH3 is 1. The average molecular weight is 263 g/mol. The summed E-state index contributed by atoms with van der Waals surface area (Å²) in [4.78, 5) is 14.4. The molecule has 0 heterocycles. The Bertz CT molecular complexity index is 443. The minimum Gasteiger partial charge on any atom is -0.507 e. The summed E-state index contributed by atoms with van der Waals surface area (Å²) in [6, 6.07) is 6.89. The van der Waals surface area contributed by atoms with Crippen LogP contribution in [0.3, 0.4) is 0 Å². The second-order valence-electron chi connectivity index (χ2n) is 5.09. The molecule has 1 aliphatic carbocycles. The van der Waals surface area contributed by atoms with Gasteiger partial charge in [0.05, 0.1) is 12.2 Å². The van der Waals surface area contributed by atoms with Crippen molar-refractivity contribution in [2.75, 3.05) is 20.3 Å². The third kappa shape index (κ3) is 3.26. The Labute approximate surface area is 114 Å². The molecule has 1 atom stereocenters. The number of phenols is 1. The van der Waals surface area contributed by atoms with Gasteiger partial charge in [-0.3, -0.25) is 4.79 Å². The molecule has 1 aromatic rings. The van der Waals surface area contributed by atoms with Crippen molar-refractivity contribution in [1.82, 2.24) is 4.90 Å². The minimum absolute atomic E-state index is 0.0397. The summed E-state index contributed by atoms with van der Waals surface area (Å²) in [5.41, 5.74) is 0.367. The van der Waals surface area contributed by atoms with E-state index in [2.05, 4.69) is 6.92 Å². The minimum atomic E-state index is -0.116. The van der Waals surface area contributed by atoms with E-state index in [0.717, 1.165) is 0 Å². The van der Waals surface area contributed by atoms with Gasteiger partial charge in [0.2, 0.25) is 0 Å². The smallest absolute Gasteiger partial charge is 0.257 e. The number of hydrogen-bond acceptors (Lipinski definition) is 3. The van der Waals surface area contributed by atoms with Crippen molar-refractivity contribution in [3.05, 3.63) is 29.8 Å². The molecule has 1 amide bonds. The van der Waals surface area contributed by atoms with Gasteiger partial charge in [0.1, 0.15) is 5.75 Å². The standard InChI is InChI=1S/C15H21NO3/c1-11(12-7-8-12)16(9-10-19-2)15(18)13-5-3-4-6-14(13)17/h3-6,11-12,17H,7-10H2,1-2H3. The van der Waals surface area contributed by atoms with Crippen LogP contribution in [0.5, 0.6) is 5.75 Å². The van der Waals surface area contributed by atoms with Gasteiger partial charge in [-0.05, 0) is 37.8 Å². The van der Waals surface area contributed by atoms with Crippen LogP contribution >= 0.6 is 0 Å². The molecule has 104 valence electrons. The summed E-state index contributed by atoms with van der Waals surface area (Å²) < 4.78 is 5.08. The first-order valence-electron chi connectivity index (χ1n) is 6.73. The highest BCUT2D eigenvalue weighted by molar-refractivity contribution is 5.97. The molecule has 1 N–H and O–H groups in total. The van der Waals surface area contributed by atoms with E-state index in [1.54, 1.807) is 31.4 Å². The molecular formula is C15H21NO3. The monoisotopic (exact) mass is 263 g/mol. The quantitative estimate of drug-likeness (QED) is 0.856. The number of carbonyl (C=O) groups excluding carboxylic acids is 1. The first-order chi connectivity index (χ1) is 9.15. The maximum Gasteiger partial charge on any atom is 0.257 e. The molecule has 0 aliphatic heterocycles. The molecule has 1 unspecified atom stereocenters. The first kappa shape index (κ1) is 13.9. The number of aromatic hydroxyl groups is 1. The van der Waals surface area contributed by atoms with Gasteiger partial charge in [-0.25, -0.2) is 0 Å². The van der Waals surface area contributed by atoms with Crippen molar-refractivity contribution in [1.29, 1.82) is 0 Å². The predicted octanol–water partition coefficient (Wildman–Crippen LogP) is 2.28. The number of amides is 1. The van der Waals surface area contributed by atoms with Crippen LogP contribution in [0.1, 0.15) is 30.1 Å². The number of rotatable bonds is 6. The van der Waals surface area contributed by atoms with Gasteiger partial charge in [-0.15, -0.1) is 0 Å². The zero-order valence-corrected chi connectivity index (χ0v) is 11.5. The van der Waals surface area contributed by atoms with Crippen LogP contribution in [0.4, 0.5) is 0 Å². The van der Waals surface area contributed by atoms with Gasteiger partial charge in [0, 0.05) is 19.7 Å². The Kier molecular flexibility index (Phi) is 4.43. The number of carbonyl (C=O) groups is 1. The number of benzene rings is 1. The molecule has 1 aliphatic rings. The fraction of sp³-hybridized carbons (Fsp3) is 0.533. The van der Waals surface area contributed by atoms with E-state index in [0.29, 0.717) is 24.6 Å². The van der Waals surface area contributed by atoms with Crippen LogP contribution in [0, 0.1) is 5.92 Å². The molecule has 4 nitrogen and oxygen atoms in total. The highest BCUT2D eigenvalue weighted by Gasteiger charge is 2.34. The molecule has 0 bridgehead atoms. The Hall–Kier alpha value is -1.55. The molecule has 1 aromatic carbocycles. The zero-order valence-electron chi connectivity index (χ0n) is 11.5. The SMILES string of the molecule is COCCN(C(=O)c1ccccc1O)C(C)C1CC1. The molecule has 0 spiro atoms. The fourth-order valence-electron chi connectivity index (χ4n) is 2.32. The van der Waals surface area contributed by atoms with E-state index in [1.807, 2.05) is 4.90 Å². The summed E-state index contributed by atoms with van der Waals surface area (Å²) in [6.45, 7) is 3.14. The number of para-hydroxylation sites is 1. The predicted molar refractivity (Wildman–Crippen MR) is 73.2 cm³/mol. The van der Waals surface area contributed by atoms with Gasteiger partial charge in [-0.1, -0.05) is 12.1 Å². The van der Waals surface area contributed by atoms with Gasteiger partial charge in [-0.2, -0.15) is 0 Å². The molecule has 19 heavy (non-hydrogen) atoms. The van der Waals surface area contributed by atoms with Crippen LogP contribution in [0.2, 0.25) is 0 Å². The van der Waals surface area contributed by atoms with Gasteiger partial charge in [0.15, 0.2) is 0 Å². The number of ether oxygens (including phenoxy) is 1.